The highest BCUT2D eigenvalue weighted by molar-refractivity contribution is 5.87. The maximum atomic E-state index is 14.5. The molecule has 1 amide bonds. The first-order valence-electron chi connectivity index (χ1n) is 10.3. The van der Waals surface area contributed by atoms with Crippen LogP contribution in [0.3, 0.4) is 0 Å². The minimum atomic E-state index is -0.501. The lowest BCUT2D eigenvalue weighted by Crippen LogP contribution is -2.30. The number of imidazole rings is 1. The molecular formula is C22H23FN4O4. The number of nitrogens with zero attached hydrogens (tertiary/aromatic N) is 3. The average Bonchev–Trinajstić information content (AvgIpc) is 3.39. The summed E-state index contributed by atoms with van der Waals surface area (Å²) in [6.07, 6.45) is 5.54. The molecule has 1 aliphatic carbocycles. The average molecular weight is 426 g/mol. The molecule has 0 bridgehead atoms. The van der Waals surface area contributed by atoms with Crippen LogP contribution < -0.4 is 10.1 Å². The lowest BCUT2D eigenvalue weighted by Gasteiger charge is -2.17. The molecule has 9 heteroatoms. The lowest BCUT2D eigenvalue weighted by molar-refractivity contribution is -0.383. The maximum Gasteiger partial charge on any atom is 0.295 e. The van der Waals surface area contributed by atoms with Gasteiger partial charge in [-0.2, -0.15) is 0 Å². The van der Waals surface area contributed by atoms with Crippen molar-refractivity contribution >= 4 is 22.6 Å². The highest BCUT2D eigenvalue weighted by Gasteiger charge is 2.21. The van der Waals surface area contributed by atoms with E-state index in [1.165, 1.54) is 23.0 Å². The summed E-state index contributed by atoms with van der Waals surface area (Å²) >= 11 is 0. The van der Waals surface area contributed by atoms with Gasteiger partial charge in [-0.05, 0) is 56.4 Å². The molecule has 0 radical (unpaired) electrons. The fraction of sp³-hybridized carbons (Fsp3) is 0.364. The number of nitrogens with one attached hydrogen (secondary N) is 1. The minimum Gasteiger partial charge on any atom is -0.487 e. The molecule has 8 nitrogen and oxygen atoms in total. The van der Waals surface area contributed by atoms with E-state index in [4.69, 9.17) is 4.74 Å². The van der Waals surface area contributed by atoms with Crippen molar-refractivity contribution < 1.29 is 18.8 Å². The van der Waals surface area contributed by atoms with E-state index in [0.717, 1.165) is 25.7 Å². The summed E-state index contributed by atoms with van der Waals surface area (Å²) in [4.78, 5) is 27.5. The summed E-state index contributed by atoms with van der Waals surface area (Å²) in [7, 11) is 0. The van der Waals surface area contributed by atoms with Gasteiger partial charge in [-0.15, -0.1) is 0 Å². The van der Waals surface area contributed by atoms with Crippen LogP contribution in [0.4, 0.5) is 10.1 Å². The molecule has 31 heavy (non-hydrogen) atoms. The van der Waals surface area contributed by atoms with Crippen molar-refractivity contribution in [3.63, 3.8) is 0 Å². The van der Waals surface area contributed by atoms with Crippen LogP contribution in [-0.2, 0) is 11.3 Å². The van der Waals surface area contributed by atoms with Gasteiger partial charge in [-0.25, -0.2) is 9.37 Å². The fourth-order valence-electron chi connectivity index (χ4n) is 3.97. The van der Waals surface area contributed by atoms with Crippen LogP contribution >= 0.6 is 0 Å². The van der Waals surface area contributed by atoms with Crippen molar-refractivity contribution in [2.45, 2.75) is 51.3 Å². The van der Waals surface area contributed by atoms with Crippen molar-refractivity contribution in [3.05, 3.63) is 64.2 Å². The number of aromatic nitrogens is 2. The summed E-state index contributed by atoms with van der Waals surface area (Å²) in [5.41, 5.74) is 1.21. The monoisotopic (exact) mass is 426 g/mol. The van der Waals surface area contributed by atoms with Crippen LogP contribution in [0.15, 0.2) is 42.7 Å². The van der Waals surface area contributed by atoms with Gasteiger partial charge in [0, 0.05) is 6.07 Å². The molecule has 3 aromatic rings. The largest absolute Gasteiger partial charge is 0.487 e. The number of nitro benzene ring substituents is 1. The molecule has 0 aliphatic heterocycles. The Morgan fingerprint density at radius 2 is 2.13 bits per heavy atom. The number of carbonyl (C=O) groups excluding carboxylic acids is 1. The number of nitro groups is 1. The summed E-state index contributed by atoms with van der Waals surface area (Å²) in [6, 6.07) is 8.82. The molecule has 162 valence electrons. The Labute approximate surface area is 178 Å². The van der Waals surface area contributed by atoms with E-state index in [1.807, 2.05) is 0 Å². The number of ether oxygens (including phenoxy) is 1. The first-order chi connectivity index (χ1) is 14.9. The molecule has 4 rings (SSSR count). The zero-order valence-corrected chi connectivity index (χ0v) is 17.1. The van der Waals surface area contributed by atoms with Crippen LogP contribution in [0.25, 0.3) is 11.0 Å². The van der Waals surface area contributed by atoms with Gasteiger partial charge < -0.3 is 14.6 Å². The highest BCUT2D eigenvalue weighted by atomic mass is 19.1. The fourth-order valence-corrected chi connectivity index (χ4v) is 3.97. The number of fused-ring (bicyclic) bond motifs is 1. The molecule has 2 aromatic carbocycles. The van der Waals surface area contributed by atoms with Crippen LogP contribution in [0.1, 0.15) is 44.2 Å². The zero-order chi connectivity index (χ0) is 22.0. The molecule has 0 saturated heterocycles. The molecule has 1 saturated carbocycles. The molecule has 1 aromatic heterocycles. The van der Waals surface area contributed by atoms with Gasteiger partial charge in [0.05, 0.1) is 28.9 Å². The van der Waals surface area contributed by atoms with E-state index in [2.05, 4.69) is 10.3 Å². The van der Waals surface area contributed by atoms with Crippen molar-refractivity contribution in [1.82, 2.24) is 14.9 Å². The standard InChI is InChI=1S/C22H23FN4O4/c1-14(15-9-10-20(17(23)11-15)31-16-5-2-3-6-16)25-21(28)12-26-13-24-18-7-4-8-19(22(18)26)27(29)30/h4,7-11,13-14,16H,2-3,5-6,12H2,1H3,(H,25,28). The van der Waals surface area contributed by atoms with Gasteiger partial charge in [0.2, 0.25) is 5.91 Å². The quantitative estimate of drug-likeness (QED) is 0.449. The number of hydrogen-bond acceptors (Lipinski definition) is 5. The maximum absolute atomic E-state index is 14.5. The number of para-hydroxylation sites is 1. The van der Waals surface area contributed by atoms with E-state index in [-0.39, 0.29) is 35.5 Å². The Balaban J connectivity index is 1.44. The Morgan fingerprint density at radius 3 is 2.84 bits per heavy atom. The molecular weight excluding hydrogens is 403 g/mol. The number of benzene rings is 2. The first kappa shape index (κ1) is 20.8. The van der Waals surface area contributed by atoms with Crippen LogP contribution in [0.2, 0.25) is 0 Å². The van der Waals surface area contributed by atoms with Crippen molar-refractivity contribution in [3.8, 4) is 5.75 Å². The summed E-state index contributed by atoms with van der Waals surface area (Å²) in [5, 5.41) is 14.1. The topological polar surface area (TPSA) is 99.3 Å². The van der Waals surface area contributed by atoms with E-state index < -0.39 is 16.8 Å². The highest BCUT2D eigenvalue weighted by Crippen LogP contribution is 2.28. The van der Waals surface area contributed by atoms with Crippen LogP contribution in [0, 0.1) is 15.9 Å². The first-order valence-corrected chi connectivity index (χ1v) is 10.3. The Kier molecular flexibility index (Phi) is 5.83. The van der Waals surface area contributed by atoms with E-state index in [0.29, 0.717) is 11.1 Å². The number of rotatable bonds is 7. The second-order valence-corrected chi connectivity index (χ2v) is 7.78. The third-order valence-corrected chi connectivity index (χ3v) is 5.56. The Morgan fingerprint density at radius 1 is 1.35 bits per heavy atom. The molecule has 1 N–H and O–H groups in total. The second kappa shape index (κ2) is 8.71. The Bertz CT molecular complexity index is 1120. The normalized spacial score (nSPS) is 15.2. The van der Waals surface area contributed by atoms with Crippen molar-refractivity contribution in [2.24, 2.45) is 0 Å². The molecule has 1 unspecified atom stereocenters. The summed E-state index contributed by atoms with van der Waals surface area (Å²) < 4.78 is 21.7. The van der Waals surface area contributed by atoms with Crippen molar-refractivity contribution in [2.75, 3.05) is 0 Å². The second-order valence-electron chi connectivity index (χ2n) is 7.78. The van der Waals surface area contributed by atoms with Gasteiger partial charge in [0.25, 0.3) is 5.69 Å². The smallest absolute Gasteiger partial charge is 0.295 e. The SMILES string of the molecule is CC(NC(=O)Cn1cnc2cccc([N+](=O)[O-])c21)c1ccc(OC2CCCC2)c(F)c1. The van der Waals surface area contributed by atoms with E-state index in [1.54, 1.807) is 31.2 Å². The van der Waals surface area contributed by atoms with E-state index in [9.17, 15) is 19.3 Å². The van der Waals surface area contributed by atoms with Gasteiger partial charge in [0.1, 0.15) is 12.1 Å². The van der Waals surface area contributed by atoms with Crippen LogP contribution in [-0.4, -0.2) is 26.5 Å². The van der Waals surface area contributed by atoms with E-state index >= 15 is 0 Å². The van der Waals surface area contributed by atoms with Gasteiger partial charge in [-0.3, -0.25) is 14.9 Å². The van der Waals surface area contributed by atoms with Gasteiger partial charge >= 0.3 is 0 Å². The lowest BCUT2D eigenvalue weighted by atomic mass is 10.1. The molecule has 0 spiro atoms. The third kappa shape index (κ3) is 4.50. The van der Waals surface area contributed by atoms with Crippen LogP contribution in [0.5, 0.6) is 5.75 Å². The summed E-state index contributed by atoms with van der Waals surface area (Å²) in [6.45, 7) is 1.61. The molecule has 1 aliphatic rings. The predicted molar refractivity (Wildman–Crippen MR) is 112 cm³/mol. The number of carbonyl (C=O) groups is 1. The zero-order valence-electron chi connectivity index (χ0n) is 17.1. The number of amides is 1. The van der Waals surface area contributed by atoms with Crippen molar-refractivity contribution in [1.29, 1.82) is 0 Å². The number of non-ortho nitro benzene ring substituents is 1. The Hall–Kier alpha value is -3.49. The van der Waals surface area contributed by atoms with Gasteiger partial charge in [0.15, 0.2) is 11.6 Å². The number of halogens is 1. The minimum absolute atomic E-state index is 0.0616. The number of hydrogen-bond donors (Lipinski definition) is 1. The molecule has 1 atom stereocenters. The molecule has 1 fully saturated rings. The predicted octanol–water partition coefficient (Wildman–Crippen LogP) is 4.28. The summed E-state index contributed by atoms with van der Waals surface area (Å²) in [5.74, 6) is -0.593. The third-order valence-electron chi connectivity index (χ3n) is 5.56. The van der Waals surface area contributed by atoms with Gasteiger partial charge in [-0.1, -0.05) is 12.1 Å². The molecule has 1 heterocycles.